The SMILES string of the molecule is c1ccc2c(c1)Nc1ccc(-c3ccc4c(c3)[nH]c3ccccc34)cc1S2. The van der Waals surface area contributed by atoms with Crippen molar-refractivity contribution in [2.24, 2.45) is 0 Å². The molecule has 0 amide bonds. The third-order valence-corrected chi connectivity index (χ3v) is 6.33. The summed E-state index contributed by atoms with van der Waals surface area (Å²) in [6.07, 6.45) is 0. The highest BCUT2D eigenvalue weighted by Gasteiger charge is 2.16. The summed E-state index contributed by atoms with van der Waals surface area (Å²) >= 11 is 1.83. The second kappa shape index (κ2) is 5.66. The molecule has 1 aromatic heterocycles. The summed E-state index contributed by atoms with van der Waals surface area (Å²) in [5.41, 5.74) is 7.20. The lowest BCUT2D eigenvalue weighted by Crippen LogP contribution is -1.99. The Hall–Kier alpha value is -3.17. The molecule has 0 aliphatic carbocycles. The Kier molecular flexibility index (Phi) is 3.13. The van der Waals surface area contributed by atoms with Gasteiger partial charge in [-0.25, -0.2) is 0 Å². The van der Waals surface area contributed by atoms with Gasteiger partial charge in [-0.3, -0.25) is 0 Å². The number of hydrogen-bond acceptors (Lipinski definition) is 2. The van der Waals surface area contributed by atoms with Crippen molar-refractivity contribution in [1.29, 1.82) is 0 Å². The van der Waals surface area contributed by atoms with Crippen molar-refractivity contribution in [3.05, 3.63) is 84.9 Å². The lowest BCUT2D eigenvalue weighted by Gasteiger charge is -2.21. The van der Waals surface area contributed by atoms with Crippen LogP contribution in [-0.2, 0) is 0 Å². The fraction of sp³-hybridized carbons (Fsp3) is 0. The second-order valence-corrected chi connectivity index (χ2v) is 7.95. The van der Waals surface area contributed by atoms with Crippen LogP contribution in [0.15, 0.2) is 94.7 Å². The maximum atomic E-state index is 3.55. The Labute approximate surface area is 161 Å². The van der Waals surface area contributed by atoms with Crippen molar-refractivity contribution in [1.82, 2.24) is 4.98 Å². The van der Waals surface area contributed by atoms with Gasteiger partial charge >= 0.3 is 0 Å². The van der Waals surface area contributed by atoms with E-state index >= 15 is 0 Å². The van der Waals surface area contributed by atoms with E-state index in [0.29, 0.717) is 0 Å². The van der Waals surface area contributed by atoms with Crippen LogP contribution < -0.4 is 5.32 Å². The molecule has 2 nitrogen and oxygen atoms in total. The molecule has 0 atom stereocenters. The molecule has 6 rings (SSSR count). The molecule has 2 heterocycles. The lowest BCUT2D eigenvalue weighted by atomic mass is 10.0. The zero-order valence-electron chi connectivity index (χ0n) is 14.5. The average molecular weight is 364 g/mol. The van der Waals surface area contributed by atoms with E-state index < -0.39 is 0 Å². The number of benzene rings is 4. The van der Waals surface area contributed by atoms with Crippen LogP contribution in [0.2, 0.25) is 0 Å². The van der Waals surface area contributed by atoms with E-state index in [1.165, 1.54) is 54.1 Å². The first-order valence-electron chi connectivity index (χ1n) is 9.04. The van der Waals surface area contributed by atoms with Gasteiger partial charge in [0.25, 0.3) is 0 Å². The zero-order valence-corrected chi connectivity index (χ0v) is 15.3. The lowest BCUT2D eigenvalue weighted by molar-refractivity contribution is 1.32. The van der Waals surface area contributed by atoms with Gasteiger partial charge < -0.3 is 10.3 Å². The Balaban J connectivity index is 1.45. The second-order valence-electron chi connectivity index (χ2n) is 6.87. The topological polar surface area (TPSA) is 27.8 Å². The molecule has 2 N–H and O–H groups in total. The molecule has 1 aliphatic heterocycles. The third kappa shape index (κ3) is 2.36. The maximum Gasteiger partial charge on any atom is 0.0526 e. The Morgan fingerprint density at radius 2 is 1.30 bits per heavy atom. The summed E-state index contributed by atoms with van der Waals surface area (Å²) in [6.45, 7) is 0. The molecule has 0 unspecified atom stereocenters. The fourth-order valence-corrected chi connectivity index (χ4v) is 4.87. The minimum atomic E-state index is 1.18. The Bertz CT molecular complexity index is 1330. The van der Waals surface area contributed by atoms with Gasteiger partial charge in [-0.2, -0.15) is 0 Å². The molecule has 27 heavy (non-hydrogen) atoms. The van der Waals surface area contributed by atoms with Gasteiger partial charge in [0.15, 0.2) is 0 Å². The molecule has 3 heteroatoms. The first-order valence-corrected chi connectivity index (χ1v) is 9.86. The van der Waals surface area contributed by atoms with Crippen LogP contribution in [0.1, 0.15) is 0 Å². The third-order valence-electron chi connectivity index (χ3n) is 5.20. The van der Waals surface area contributed by atoms with E-state index in [2.05, 4.69) is 95.2 Å². The van der Waals surface area contributed by atoms with E-state index in [9.17, 15) is 0 Å². The zero-order chi connectivity index (χ0) is 17.8. The quantitative estimate of drug-likeness (QED) is 0.323. The van der Waals surface area contributed by atoms with E-state index in [-0.39, 0.29) is 0 Å². The molecule has 0 radical (unpaired) electrons. The van der Waals surface area contributed by atoms with Gasteiger partial charge in [0.1, 0.15) is 0 Å². The standard InChI is InChI=1S/C24H16N2S/c1-2-6-19-17(5-1)18-11-9-15(13-22(18)25-19)16-10-12-21-24(14-16)27-23-8-4-3-7-20(23)26-21/h1-14,25-26H. The van der Waals surface area contributed by atoms with Crippen LogP contribution in [0.25, 0.3) is 32.9 Å². The highest BCUT2D eigenvalue weighted by Crippen LogP contribution is 2.45. The maximum absolute atomic E-state index is 3.55. The molecular formula is C24H16N2S. The highest BCUT2D eigenvalue weighted by atomic mass is 32.2. The number of para-hydroxylation sites is 2. The Morgan fingerprint density at radius 3 is 2.30 bits per heavy atom. The number of hydrogen-bond donors (Lipinski definition) is 2. The van der Waals surface area contributed by atoms with Crippen molar-refractivity contribution < 1.29 is 0 Å². The summed E-state index contributed by atoms with van der Waals surface area (Å²) < 4.78 is 0. The number of aromatic amines is 1. The van der Waals surface area contributed by atoms with Crippen molar-refractivity contribution >= 4 is 44.9 Å². The average Bonchev–Trinajstić information content (AvgIpc) is 3.09. The molecule has 0 saturated heterocycles. The number of aromatic nitrogens is 1. The predicted molar refractivity (Wildman–Crippen MR) is 115 cm³/mol. The molecule has 128 valence electrons. The molecule has 0 bridgehead atoms. The van der Waals surface area contributed by atoms with Crippen LogP contribution in [0.4, 0.5) is 11.4 Å². The van der Waals surface area contributed by atoms with Gasteiger partial charge in [0.05, 0.1) is 11.4 Å². The summed E-state index contributed by atoms with van der Waals surface area (Å²) in [4.78, 5) is 6.08. The van der Waals surface area contributed by atoms with E-state index in [1.807, 2.05) is 11.8 Å². The minimum absolute atomic E-state index is 1.18. The fourth-order valence-electron chi connectivity index (χ4n) is 3.85. The van der Waals surface area contributed by atoms with Gasteiger partial charge in [0.2, 0.25) is 0 Å². The molecule has 0 spiro atoms. The summed E-state index contributed by atoms with van der Waals surface area (Å²) in [5.74, 6) is 0. The molecule has 4 aromatic carbocycles. The normalized spacial score (nSPS) is 12.6. The predicted octanol–water partition coefficient (Wildman–Crippen LogP) is 7.20. The van der Waals surface area contributed by atoms with Crippen LogP contribution in [0.5, 0.6) is 0 Å². The van der Waals surface area contributed by atoms with Gasteiger partial charge in [0, 0.05) is 31.6 Å². The van der Waals surface area contributed by atoms with Gasteiger partial charge in [-0.05, 0) is 47.5 Å². The molecular weight excluding hydrogens is 348 g/mol. The monoisotopic (exact) mass is 364 g/mol. The number of H-pyrrole nitrogens is 1. The number of anilines is 2. The molecule has 0 saturated carbocycles. The van der Waals surface area contributed by atoms with E-state index in [1.54, 1.807) is 0 Å². The smallest absolute Gasteiger partial charge is 0.0526 e. The largest absolute Gasteiger partial charge is 0.354 e. The van der Waals surface area contributed by atoms with E-state index in [0.717, 1.165) is 0 Å². The molecule has 0 fully saturated rings. The first kappa shape index (κ1) is 14.9. The number of fused-ring (bicyclic) bond motifs is 5. The van der Waals surface area contributed by atoms with Gasteiger partial charge in [-0.1, -0.05) is 60.3 Å². The summed E-state index contributed by atoms with van der Waals surface area (Å²) in [7, 11) is 0. The van der Waals surface area contributed by atoms with Crippen LogP contribution in [0.3, 0.4) is 0 Å². The molecule has 1 aliphatic rings. The van der Waals surface area contributed by atoms with Gasteiger partial charge in [-0.15, -0.1) is 0 Å². The molecule has 5 aromatic rings. The van der Waals surface area contributed by atoms with Crippen molar-refractivity contribution in [3.63, 3.8) is 0 Å². The minimum Gasteiger partial charge on any atom is -0.354 e. The van der Waals surface area contributed by atoms with E-state index in [4.69, 9.17) is 0 Å². The Morgan fingerprint density at radius 1 is 0.556 bits per heavy atom. The van der Waals surface area contributed by atoms with Crippen LogP contribution in [-0.4, -0.2) is 4.98 Å². The number of nitrogens with one attached hydrogen (secondary N) is 2. The van der Waals surface area contributed by atoms with Crippen molar-refractivity contribution in [2.45, 2.75) is 9.79 Å². The van der Waals surface area contributed by atoms with Crippen LogP contribution >= 0.6 is 11.8 Å². The highest BCUT2D eigenvalue weighted by molar-refractivity contribution is 7.99. The first-order chi connectivity index (χ1) is 13.3. The summed E-state index contributed by atoms with van der Waals surface area (Å²) in [6, 6.07) is 30.3. The number of rotatable bonds is 1. The van der Waals surface area contributed by atoms with Crippen molar-refractivity contribution in [3.8, 4) is 11.1 Å². The van der Waals surface area contributed by atoms with Crippen molar-refractivity contribution in [2.75, 3.05) is 5.32 Å². The van der Waals surface area contributed by atoms with Crippen LogP contribution in [0, 0.1) is 0 Å². The summed E-state index contributed by atoms with van der Waals surface area (Å²) in [5, 5.41) is 6.09.